The fourth-order valence-corrected chi connectivity index (χ4v) is 0.373. The van der Waals surface area contributed by atoms with Gasteiger partial charge in [0.15, 0.2) is 0 Å². The summed E-state index contributed by atoms with van der Waals surface area (Å²) in [6.45, 7) is 8.29. The standard InChI is InChI=1S/C6H10O2.C4H8O.C2H4O.CH4/c1-2-3-4-5-6(7)8;1-3-4(2)5;1-2-3;/h2-3H,4-5H2,1H3,(H,7,8);3-5H,1H2,2H3;2H,1H3;1H4/b3-2+;;;. The van der Waals surface area contributed by atoms with E-state index in [1.807, 2.05) is 19.1 Å². The highest BCUT2D eigenvalue weighted by Crippen LogP contribution is 1.88. The molecule has 1 unspecified atom stereocenters. The molecule has 0 bridgehead atoms. The minimum Gasteiger partial charge on any atom is -0.481 e. The number of carboxylic acids is 1. The molecule has 17 heavy (non-hydrogen) atoms. The normalized spacial score (nSPS) is 9.65. The third-order valence-corrected chi connectivity index (χ3v) is 1.10. The molecule has 2 N–H and O–H groups in total. The van der Waals surface area contributed by atoms with Gasteiger partial charge in [-0.2, -0.15) is 0 Å². The van der Waals surface area contributed by atoms with Crippen LogP contribution in [0, 0.1) is 0 Å². The van der Waals surface area contributed by atoms with E-state index in [-0.39, 0.29) is 20.0 Å². The van der Waals surface area contributed by atoms with E-state index in [4.69, 9.17) is 15.0 Å². The predicted molar refractivity (Wildman–Crippen MR) is 72.0 cm³/mol. The van der Waals surface area contributed by atoms with Crippen molar-refractivity contribution < 1.29 is 19.8 Å². The molecule has 0 saturated heterocycles. The van der Waals surface area contributed by atoms with Crippen molar-refractivity contribution in [2.75, 3.05) is 0 Å². The third-order valence-electron chi connectivity index (χ3n) is 1.10. The first-order valence-corrected chi connectivity index (χ1v) is 4.99. The van der Waals surface area contributed by atoms with Crippen molar-refractivity contribution in [3.8, 4) is 0 Å². The molecular weight excluding hydrogens is 220 g/mol. The molecule has 102 valence electrons. The van der Waals surface area contributed by atoms with Gasteiger partial charge in [0, 0.05) is 6.42 Å². The van der Waals surface area contributed by atoms with Crippen LogP contribution >= 0.6 is 0 Å². The molecule has 1 atom stereocenters. The Kier molecular flexibility index (Phi) is 34.9. The van der Waals surface area contributed by atoms with Crippen LogP contribution in [0.15, 0.2) is 24.8 Å². The van der Waals surface area contributed by atoms with Gasteiger partial charge in [0.25, 0.3) is 0 Å². The van der Waals surface area contributed by atoms with Gasteiger partial charge < -0.3 is 15.0 Å². The van der Waals surface area contributed by atoms with Crippen molar-refractivity contribution in [1.82, 2.24) is 0 Å². The Bertz CT molecular complexity index is 196. The van der Waals surface area contributed by atoms with E-state index in [0.717, 1.165) is 6.29 Å². The zero-order chi connectivity index (χ0) is 13.4. The van der Waals surface area contributed by atoms with Gasteiger partial charge >= 0.3 is 5.97 Å². The van der Waals surface area contributed by atoms with Crippen LogP contribution in [0.3, 0.4) is 0 Å². The van der Waals surface area contributed by atoms with Gasteiger partial charge in [-0.05, 0) is 27.2 Å². The number of aliphatic hydroxyl groups excluding tert-OH is 1. The Balaban J connectivity index is -0.0000000815. The lowest BCUT2D eigenvalue weighted by Gasteiger charge is -1.84. The van der Waals surface area contributed by atoms with E-state index >= 15 is 0 Å². The number of hydrogen-bond donors (Lipinski definition) is 2. The largest absolute Gasteiger partial charge is 0.481 e. The number of carbonyl (C=O) groups excluding carboxylic acids is 1. The summed E-state index contributed by atoms with van der Waals surface area (Å²) >= 11 is 0. The minimum absolute atomic E-state index is 0. The maximum atomic E-state index is 9.84. The van der Waals surface area contributed by atoms with E-state index in [0.29, 0.717) is 6.42 Å². The lowest BCUT2D eigenvalue weighted by Crippen LogP contribution is -1.91. The predicted octanol–water partition coefficient (Wildman–Crippen LogP) is 2.82. The molecule has 0 rings (SSSR count). The van der Waals surface area contributed by atoms with Crippen LogP contribution in [0.2, 0.25) is 0 Å². The summed E-state index contributed by atoms with van der Waals surface area (Å²) in [6.07, 6.45) is 6.45. The lowest BCUT2D eigenvalue weighted by molar-refractivity contribution is -0.136. The highest BCUT2D eigenvalue weighted by Gasteiger charge is 1.89. The van der Waals surface area contributed by atoms with Gasteiger partial charge in [0.1, 0.15) is 6.29 Å². The Morgan fingerprint density at radius 3 is 1.94 bits per heavy atom. The molecule has 0 fully saturated rings. The molecule has 0 spiro atoms. The molecule has 0 heterocycles. The number of allylic oxidation sites excluding steroid dienone is 2. The van der Waals surface area contributed by atoms with Crippen molar-refractivity contribution in [3.05, 3.63) is 24.8 Å². The molecule has 0 aliphatic rings. The first-order valence-electron chi connectivity index (χ1n) is 4.99. The van der Waals surface area contributed by atoms with Gasteiger partial charge in [0.2, 0.25) is 0 Å². The topological polar surface area (TPSA) is 74.6 Å². The van der Waals surface area contributed by atoms with Crippen molar-refractivity contribution >= 4 is 12.3 Å². The van der Waals surface area contributed by atoms with Crippen LogP contribution in [0.1, 0.15) is 41.0 Å². The molecule has 4 heteroatoms. The smallest absolute Gasteiger partial charge is 0.303 e. The van der Waals surface area contributed by atoms with Crippen LogP contribution in [-0.4, -0.2) is 28.6 Å². The van der Waals surface area contributed by atoms with Crippen LogP contribution in [0.25, 0.3) is 0 Å². The quantitative estimate of drug-likeness (QED) is 0.591. The van der Waals surface area contributed by atoms with Crippen molar-refractivity contribution in [2.24, 2.45) is 0 Å². The number of hydrogen-bond acceptors (Lipinski definition) is 3. The maximum Gasteiger partial charge on any atom is 0.303 e. The molecule has 0 aromatic heterocycles. The van der Waals surface area contributed by atoms with Crippen LogP contribution in [-0.2, 0) is 9.59 Å². The van der Waals surface area contributed by atoms with Crippen LogP contribution in [0.5, 0.6) is 0 Å². The Morgan fingerprint density at radius 1 is 1.41 bits per heavy atom. The zero-order valence-corrected chi connectivity index (χ0v) is 10.2. The number of aliphatic hydroxyl groups is 1. The maximum absolute atomic E-state index is 9.84. The Labute approximate surface area is 105 Å². The minimum atomic E-state index is -0.733. The fraction of sp³-hybridized carbons (Fsp3) is 0.538. The second kappa shape index (κ2) is 24.0. The van der Waals surface area contributed by atoms with E-state index in [2.05, 4.69) is 6.58 Å². The average Bonchev–Trinajstić information content (AvgIpc) is 2.20. The number of carboxylic acid groups (broad SMARTS) is 1. The second-order valence-corrected chi connectivity index (χ2v) is 2.71. The molecule has 0 amide bonds. The summed E-state index contributed by atoms with van der Waals surface area (Å²) < 4.78 is 0. The number of rotatable bonds is 4. The molecular formula is C13H26O4. The van der Waals surface area contributed by atoms with Crippen molar-refractivity contribution in [3.63, 3.8) is 0 Å². The zero-order valence-electron chi connectivity index (χ0n) is 10.2. The summed E-state index contributed by atoms with van der Waals surface area (Å²) in [5.41, 5.74) is 0. The molecule has 0 aromatic rings. The lowest BCUT2D eigenvalue weighted by atomic mass is 10.3. The van der Waals surface area contributed by atoms with E-state index in [1.54, 1.807) is 6.92 Å². The Hall–Kier alpha value is -1.42. The molecule has 0 aliphatic carbocycles. The molecule has 0 aliphatic heterocycles. The van der Waals surface area contributed by atoms with Crippen molar-refractivity contribution in [2.45, 2.75) is 47.1 Å². The summed E-state index contributed by atoms with van der Waals surface area (Å²) in [5, 5.41) is 16.3. The van der Waals surface area contributed by atoms with Crippen molar-refractivity contribution in [1.29, 1.82) is 0 Å². The highest BCUT2D eigenvalue weighted by atomic mass is 16.4. The van der Waals surface area contributed by atoms with Gasteiger partial charge in [-0.1, -0.05) is 25.7 Å². The molecule has 0 aromatic carbocycles. The Morgan fingerprint density at radius 2 is 1.76 bits per heavy atom. The fourth-order valence-electron chi connectivity index (χ4n) is 0.373. The van der Waals surface area contributed by atoms with E-state index in [1.165, 1.54) is 13.0 Å². The monoisotopic (exact) mass is 246 g/mol. The summed E-state index contributed by atoms with van der Waals surface area (Å²) in [5.74, 6) is -0.733. The summed E-state index contributed by atoms with van der Waals surface area (Å²) in [6, 6.07) is 0. The number of carbonyl (C=O) groups is 2. The number of aldehydes is 1. The summed E-state index contributed by atoms with van der Waals surface area (Å²) in [7, 11) is 0. The SMILES string of the molecule is C.C/C=C/CCC(=O)O.C=CC(C)O.CC=O. The van der Waals surface area contributed by atoms with Gasteiger partial charge in [-0.3, -0.25) is 4.79 Å². The summed E-state index contributed by atoms with van der Waals surface area (Å²) in [4.78, 5) is 18.6. The van der Waals surface area contributed by atoms with Gasteiger partial charge in [-0.15, -0.1) is 6.58 Å². The first kappa shape index (κ1) is 24.7. The average molecular weight is 246 g/mol. The third kappa shape index (κ3) is 74.1. The van der Waals surface area contributed by atoms with Crippen LogP contribution < -0.4 is 0 Å². The first-order chi connectivity index (χ1) is 7.45. The molecule has 4 nitrogen and oxygen atoms in total. The molecule has 0 radical (unpaired) electrons. The molecule has 0 saturated carbocycles. The van der Waals surface area contributed by atoms with E-state index < -0.39 is 5.97 Å². The van der Waals surface area contributed by atoms with Gasteiger partial charge in [0.05, 0.1) is 6.10 Å². The van der Waals surface area contributed by atoms with Crippen LogP contribution in [0.4, 0.5) is 0 Å². The van der Waals surface area contributed by atoms with E-state index in [9.17, 15) is 4.79 Å². The number of aliphatic carboxylic acids is 1. The highest BCUT2D eigenvalue weighted by molar-refractivity contribution is 5.66. The second-order valence-electron chi connectivity index (χ2n) is 2.71. The van der Waals surface area contributed by atoms with Gasteiger partial charge in [-0.25, -0.2) is 0 Å².